The van der Waals surface area contributed by atoms with Crippen LogP contribution in [0.1, 0.15) is 10.4 Å². The van der Waals surface area contributed by atoms with Gasteiger partial charge in [-0.15, -0.1) is 0 Å². The number of benzene rings is 3. The van der Waals surface area contributed by atoms with Crippen molar-refractivity contribution in [3.63, 3.8) is 0 Å². The van der Waals surface area contributed by atoms with Gasteiger partial charge in [0.1, 0.15) is 5.75 Å². The van der Waals surface area contributed by atoms with Crippen LogP contribution in [0.2, 0.25) is 10.0 Å². The normalized spacial score (nSPS) is 10.2. The third-order valence-electron chi connectivity index (χ3n) is 3.29. The molecule has 0 aliphatic heterocycles. The third-order valence-corrected chi connectivity index (χ3v) is 4.03. The first-order valence-electron chi connectivity index (χ1n) is 7.22. The van der Waals surface area contributed by atoms with Crippen molar-refractivity contribution in [2.24, 2.45) is 0 Å². The summed E-state index contributed by atoms with van der Waals surface area (Å²) in [7, 11) is 0. The topological polar surface area (TPSA) is 38.3 Å². The summed E-state index contributed by atoms with van der Waals surface area (Å²) in [5.41, 5.74) is 0.983. The van der Waals surface area contributed by atoms with Gasteiger partial charge in [0.2, 0.25) is 0 Å². The Hall–Kier alpha value is -2.49. The minimum Gasteiger partial charge on any atom is -0.455 e. The number of carbonyl (C=O) groups excluding carboxylic acids is 1. The van der Waals surface area contributed by atoms with Crippen molar-refractivity contribution >= 4 is 34.8 Å². The van der Waals surface area contributed by atoms with Crippen LogP contribution < -0.4 is 10.1 Å². The van der Waals surface area contributed by atoms with Gasteiger partial charge in [0.25, 0.3) is 5.91 Å². The number of ether oxygens (including phenoxy) is 1. The zero-order valence-corrected chi connectivity index (χ0v) is 14.0. The zero-order valence-electron chi connectivity index (χ0n) is 12.5. The molecule has 0 aliphatic rings. The molecular weight excluding hydrogens is 345 g/mol. The fourth-order valence-electron chi connectivity index (χ4n) is 2.11. The van der Waals surface area contributed by atoms with Gasteiger partial charge in [0.15, 0.2) is 5.75 Å². The molecule has 1 amide bonds. The molecular formula is C19H13Cl2NO2. The van der Waals surface area contributed by atoms with E-state index in [-0.39, 0.29) is 5.91 Å². The fraction of sp³-hybridized carbons (Fsp3) is 0. The Morgan fingerprint density at radius 1 is 0.833 bits per heavy atom. The Morgan fingerprint density at radius 2 is 1.54 bits per heavy atom. The zero-order chi connectivity index (χ0) is 16.9. The molecule has 24 heavy (non-hydrogen) atoms. The van der Waals surface area contributed by atoms with E-state index in [1.165, 1.54) is 6.07 Å². The van der Waals surface area contributed by atoms with Gasteiger partial charge in [-0.25, -0.2) is 0 Å². The Kier molecular flexibility index (Phi) is 5.04. The predicted octanol–water partition coefficient (Wildman–Crippen LogP) is 6.04. The number of halogens is 2. The number of para-hydroxylation sites is 3. The molecule has 0 heterocycles. The van der Waals surface area contributed by atoms with E-state index >= 15 is 0 Å². The highest BCUT2D eigenvalue weighted by Crippen LogP contribution is 2.30. The maximum atomic E-state index is 12.4. The molecule has 5 heteroatoms. The molecule has 0 fully saturated rings. The molecule has 0 aliphatic carbocycles. The summed E-state index contributed by atoms with van der Waals surface area (Å²) in [6, 6.07) is 21.3. The minimum absolute atomic E-state index is 0.294. The van der Waals surface area contributed by atoms with Crippen LogP contribution in [0.5, 0.6) is 11.5 Å². The molecule has 0 atom stereocenters. The number of amides is 1. The highest BCUT2D eigenvalue weighted by molar-refractivity contribution is 6.42. The summed E-state index contributed by atoms with van der Waals surface area (Å²) in [5.74, 6) is 0.948. The lowest BCUT2D eigenvalue weighted by Crippen LogP contribution is -2.12. The molecule has 0 saturated heterocycles. The Labute approximate surface area is 149 Å². The molecule has 1 N–H and O–H groups in total. The average Bonchev–Trinajstić information content (AvgIpc) is 2.60. The molecule has 0 radical (unpaired) electrons. The molecule has 0 saturated carbocycles. The van der Waals surface area contributed by atoms with Gasteiger partial charge in [-0.2, -0.15) is 0 Å². The maximum Gasteiger partial charge on any atom is 0.255 e. The molecule has 0 spiro atoms. The number of hydrogen-bond donors (Lipinski definition) is 1. The van der Waals surface area contributed by atoms with Gasteiger partial charge in [0, 0.05) is 5.56 Å². The number of rotatable bonds is 4. The standard InChI is InChI=1S/C19H13Cl2NO2/c20-15-11-10-13(12-16(15)21)19(23)22-17-8-4-5-9-18(17)24-14-6-2-1-3-7-14/h1-12H,(H,22,23). The summed E-state index contributed by atoms with van der Waals surface area (Å²) in [6.45, 7) is 0. The molecule has 3 aromatic rings. The monoisotopic (exact) mass is 357 g/mol. The van der Waals surface area contributed by atoms with Gasteiger partial charge in [-0.05, 0) is 42.5 Å². The van der Waals surface area contributed by atoms with E-state index in [9.17, 15) is 4.79 Å². The molecule has 3 aromatic carbocycles. The van der Waals surface area contributed by atoms with Crippen molar-refractivity contribution in [2.45, 2.75) is 0 Å². The lowest BCUT2D eigenvalue weighted by molar-refractivity contribution is 0.102. The van der Waals surface area contributed by atoms with Crippen molar-refractivity contribution in [3.8, 4) is 11.5 Å². The SMILES string of the molecule is O=C(Nc1ccccc1Oc1ccccc1)c1ccc(Cl)c(Cl)c1. The second-order valence-electron chi connectivity index (χ2n) is 4.99. The van der Waals surface area contributed by atoms with E-state index in [2.05, 4.69) is 5.32 Å². The van der Waals surface area contributed by atoms with E-state index in [4.69, 9.17) is 27.9 Å². The summed E-state index contributed by atoms with van der Waals surface area (Å²) in [6.07, 6.45) is 0. The van der Waals surface area contributed by atoms with Crippen LogP contribution in [0, 0.1) is 0 Å². The van der Waals surface area contributed by atoms with Gasteiger partial charge < -0.3 is 10.1 Å². The molecule has 0 unspecified atom stereocenters. The Bertz CT molecular complexity index is 866. The molecule has 0 aromatic heterocycles. The maximum absolute atomic E-state index is 12.4. The summed E-state index contributed by atoms with van der Waals surface area (Å²) < 4.78 is 5.83. The van der Waals surface area contributed by atoms with Gasteiger partial charge in [-0.1, -0.05) is 53.5 Å². The van der Waals surface area contributed by atoms with Crippen LogP contribution in [0.3, 0.4) is 0 Å². The van der Waals surface area contributed by atoms with Gasteiger partial charge in [0.05, 0.1) is 15.7 Å². The second-order valence-corrected chi connectivity index (χ2v) is 5.81. The van der Waals surface area contributed by atoms with E-state index in [1.54, 1.807) is 24.3 Å². The van der Waals surface area contributed by atoms with Crippen LogP contribution in [0.25, 0.3) is 0 Å². The van der Waals surface area contributed by atoms with Crippen LogP contribution in [0.4, 0.5) is 5.69 Å². The van der Waals surface area contributed by atoms with Crippen LogP contribution in [-0.2, 0) is 0 Å². The average molecular weight is 358 g/mol. The van der Waals surface area contributed by atoms with Crippen molar-refractivity contribution < 1.29 is 9.53 Å². The first kappa shape index (κ1) is 16.4. The molecule has 3 rings (SSSR count). The molecule has 0 bridgehead atoms. The number of carbonyl (C=O) groups is 1. The Morgan fingerprint density at radius 3 is 2.29 bits per heavy atom. The quantitative estimate of drug-likeness (QED) is 0.618. The predicted molar refractivity (Wildman–Crippen MR) is 97.4 cm³/mol. The first-order valence-corrected chi connectivity index (χ1v) is 7.97. The molecule has 120 valence electrons. The summed E-state index contributed by atoms with van der Waals surface area (Å²) in [4.78, 5) is 12.4. The largest absolute Gasteiger partial charge is 0.455 e. The highest BCUT2D eigenvalue weighted by Gasteiger charge is 2.11. The van der Waals surface area contributed by atoms with Gasteiger partial charge >= 0.3 is 0 Å². The van der Waals surface area contributed by atoms with Gasteiger partial charge in [-0.3, -0.25) is 4.79 Å². The fourth-order valence-corrected chi connectivity index (χ4v) is 2.40. The van der Waals surface area contributed by atoms with Crippen LogP contribution in [0.15, 0.2) is 72.8 Å². The molecule has 3 nitrogen and oxygen atoms in total. The first-order chi connectivity index (χ1) is 11.6. The van der Waals surface area contributed by atoms with Crippen molar-refractivity contribution in [1.82, 2.24) is 0 Å². The summed E-state index contributed by atoms with van der Waals surface area (Å²) >= 11 is 11.8. The number of hydrogen-bond acceptors (Lipinski definition) is 2. The van der Waals surface area contributed by atoms with E-state index in [0.29, 0.717) is 32.8 Å². The third kappa shape index (κ3) is 3.88. The van der Waals surface area contributed by atoms with Crippen molar-refractivity contribution in [2.75, 3.05) is 5.32 Å². The van der Waals surface area contributed by atoms with E-state index in [0.717, 1.165) is 0 Å². The number of anilines is 1. The minimum atomic E-state index is -0.294. The van der Waals surface area contributed by atoms with Crippen LogP contribution in [-0.4, -0.2) is 5.91 Å². The lowest BCUT2D eigenvalue weighted by Gasteiger charge is -2.12. The van der Waals surface area contributed by atoms with E-state index in [1.807, 2.05) is 42.5 Å². The van der Waals surface area contributed by atoms with E-state index < -0.39 is 0 Å². The number of nitrogens with one attached hydrogen (secondary N) is 1. The summed E-state index contributed by atoms with van der Waals surface area (Å²) in [5, 5.41) is 3.56. The lowest BCUT2D eigenvalue weighted by atomic mass is 10.2. The second kappa shape index (κ2) is 7.39. The van der Waals surface area contributed by atoms with Crippen LogP contribution >= 0.6 is 23.2 Å². The van der Waals surface area contributed by atoms with Crippen molar-refractivity contribution in [1.29, 1.82) is 0 Å². The highest BCUT2D eigenvalue weighted by atomic mass is 35.5. The smallest absolute Gasteiger partial charge is 0.255 e. The van der Waals surface area contributed by atoms with Crippen molar-refractivity contribution in [3.05, 3.63) is 88.4 Å². The Balaban J connectivity index is 1.82.